The molecule has 0 aromatic carbocycles. The van der Waals surface area contributed by atoms with Crippen LogP contribution in [0.5, 0.6) is 0 Å². The average Bonchev–Trinajstić information content (AvgIpc) is 2.77. The normalized spacial score (nSPS) is 11.2. The molecule has 0 aliphatic carbocycles. The number of nitrogens with zero attached hydrogens (tertiary/aromatic N) is 4. The molecule has 0 aliphatic heterocycles. The zero-order chi connectivity index (χ0) is 11.5. The van der Waals surface area contributed by atoms with Gasteiger partial charge in [0.2, 0.25) is 0 Å². The SMILES string of the molecule is CC(C)Cn1ncnc1Cc1cnc(N)s1. The van der Waals surface area contributed by atoms with Crippen molar-refractivity contribution in [2.45, 2.75) is 26.8 Å². The fourth-order valence-electron chi connectivity index (χ4n) is 1.48. The van der Waals surface area contributed by atoms with Gasteiger partial charge in [-0.1, -0.05) is 13.8 Å². The molecule has 16 heavy (non-hydrogen) atoms. The van der Waals surface area contributed by atoms with Crippen LogP contribution < -0.4 is 5.73 Å². The van der Waals surface area contributed by atoms with Crippen LogP contribution in [-0.2, 0) is 13.0 Å². The van der Waals surface area contributed by atoms with E-state index < -0.39 is 0 Å². The summed E-state index contributed by atoms with van der Waals surface area (Å²) in [5.74, 6) is 1.53. The van der Waals surface area contributed by atoms with E-state index in [1.807, 2.05) is 4.68 Å². The molecular weight excluding hydrogens is 222 g/mol. The molecule has 0 saturated heterocycles. The molecule has 0 bridgehead atoms. The Bertz CT molecular complexity index is 459. The minimum absolute atomic E-state index is 0.562. The predicted molar refractivity (Wildman–Crippen MR) is 64.2 cm³/mol. The first-order chi connectivity index (χ1) is 7.65. The number of rotatable bonds is 4. The maximum absolute atomic E-state index is 5.59. The molecule has 6 heteroatoms. The average molecular weight is 237 g/mol. The maximum atomic E-state index is 5.59. The number of hydrogen-bond donors (Lipinski definition) is 1. The van der Waals surface area contributed by atoms with E-state index in [1.165, 1.54) is 11.3 Å². The Balaban J connectivity index is 2.12. The molecule has 2 aromatic rings. The lowest BCUT2D eigenvalue weighted by Crippen LogP contribution is -2.10. The lowest BCUT2D eigenvalue weighted by Gasteiger charge is -2.07. The van der Waals surface area contributed by atoms with Crippen LogP contribution in [0.1, 0.15) is 24.5 Å². The van der Waals surface area contributed by atoms with Crippen molar-refractivity contribution in [1.29, 1.82) is 0 Å². The van der Waals surface area contributed by atoms with Gasteiger partial charge in [-0.3, -0.25) is 0 Å². The Morgan fingerprint density at radius 1 is 1.44 bits per heavy atom. The second-order valence-corrected chi connectivity index (χ2v) is 5.24. The summed E-state index contributed by atoms with van der Waals surface area (Å²) < 4.78 is 1.95. The van der Waals surface area contributed by atoms with E-state index in [9.17, 15) is 0 Å². The first-order valence-electron chi connectivity index (χ1n) is 5.22. The molecule has 0 spiro atoms. The number of anilines is 1. The van der Waals surface area contributed by atoms with Crippen molar-refractivity contribution in [3.8, 4) is 0 Å². The van der Waals surface area contributed by atoms with E-state index in [4.69, 9.17) is 5.73 Å². The highest BCUT2D eigenvalue weighted by Gasteiger charge is 2.08. The lowest BCUT2D eigenvalue weighted by molar-refractivity contribution is 0.469. The van der Waals surface area contributed by atoms with Crippen LogP contribution in [0.4, 0.5) is 5.13 Å². The lowest BCUT2D eigenvalue weighted by atomic mass is 10.2. The molecule has 0 fully saturated rings. The summed E-state index contributed by atoms with van der Waals surface area (Å²) >= 11 is 1.50. The Labute approximate surface area is 98.3 Å². The van der Waals surface area contributed by atoms with Gasteiger partial charge in [0, 0.05) is 24.0 Å². The van der Waals surface area contributed by atoms with Crippen molar-refractivity contribution in [3.05, 3.63) is 23.2 Å². The summed E-state index contributed by atoms with van der Waals surface area (Å²) in [4.78, 5) is 9.41. The third-order valence-electron chi connectivity index (χ3n) is 2.14. The van der Waals surface area contributed by atoms with Crippen LogP contribution in [0.25, 0.3) is 0 Å². The quantitative estimate of drug-likeness (QED) is 0.876. The van der Waals surface area contributed by atoms with Gasteiger partial charge in [-0.05, 0) is 5.92 Å². The Hall–Kier alpha value is -1.43. The Morgan fingerprint density at radius 3 is 2.88 bits per heavy atom. The highest BCUT2D eigenvalue weighted by Crippen LogP contribution is 2.17. The molecule has 86 valence electrons. The Morgan fingerprint density at radius 2 is 2.25 bits per heavy atom. The summed E-state index contributed by atoms with van der Waals surface area (Å²) in [7, 11) is 0. The molecule has 0 radical (unpaired) electrons. The van der Waals surface area contributed by atoms with Gasteiger partial charge in [-0.2, -0.15) is 5.10 Å². The van der Waals surface area contributed by atoms with Crippen LogP contribution >= 0.6 is 11.3 Å². The van der Waals surface area contributed by atoms with Gasteiger partial charge in [-0.25, -0.2) is 14.6 Å². The van der Waals surface area contributed by atoms with E-state index in [0.29, 0.717) is 11.0 Å². The van der Waals surface area contributed by atoms with Crippen molar-refractivity contribution in [1.82, 2.24) is 19.7 Å². The summed E-state index contributed by atoms with van der Waals surface area (Å²) in [5.41, 5.74) is 5.59. The molecule has 0 aliphatic rings. The third kappa shape index (κ3) is 2.57. The fraction of sp³-hybridized carbons (Fsp3) is 0.500. The minimum Gasteiger partial charge on any atom is -0.375 e. The van der Waals surface area contributed by atoms with Gasteiger partial charge in [0.05, 0.1) is 0 Å². The molecule has 2 N–H and O–H groups in total. The highest BCUT2D eigenvalue weighted by atomic mass is 32.1. The van der Waals surface area contributed by atoms with Gasteiger partial charge in [-0.15, -0.1) is 11.3 Å². The van der Waals surface area contributed by atoms with Gasteiger partial charge in [0.25, 0.3) is 0 Å². The number of nitrogen functional groups attached to an aromatic ring is 1. The van der Waals surface area contributed by atoms with Crippen LogP contribution in [0.15, 0.2) is 12.5 Å². The van der Waals surface area contributed by atoms with Crippen LogP contribution in [0.3, 0.4) is 0 Å². The van der Waals surface area contributed by atoms with Crippen molar-refractivity contribution < 1.29 is 0 Å². The minimum atomic E-state index is 0.562. The molecular formula is C10H15N5S. The summed E-state index contributed by atoms with van der Waals surface area (Å²) in [6, 6.07) is 0. The number of nitrogens with two attached hydrogens (primary N) is 1. The third-order valence-corrected chi connectivity index (χ3v) is 2.96. The van der Waals surface area contributed by atoms with Crippen LogP contribution in [0.2, 0.25) is 0 Å². The maximum Gasteiger partial charge on any atom is 0.180 e. The largest absolute Gasteiger partial charge is 0.375 e. The van der Waals surface area contributed by atoms with Crippen LogP contribution in [0, 0.1) is 5.92 Å². The molecule has 2 aromatic heterocycles. The molecule has 0 unspecified atom stereocenters. The molecule has 0 saturated carbocycles. The molecule has 0 atom stereocenters. The highest BCUT2D eigenvalue weighted by molar-refractivity contribution is 7.15. The smallest absolute Gasteiger partial charge is 0.180 e. The topological polar surface area (TPSA) is 69.6 Å². The van der Waals surface area contributed by atoms with E-state index in [1.54, 1.807) is 12.5 Å². The summed E-state index contributed by atoms with van der Waals surface area (Å²) in [6.07, 6.45) is 4.15. The van der Waals surface area contributed by atoms with Crippen molar-refractivity contribution in [2.75, 3.05) is 5.73 Å². The standard InChI is InChI=1S/C10H15N5S/c1-7(2)5-15-9(13-6-14-15)3-8-4-12-10(11)16-8/h4,6-7H,3,5H2,1-2H3,(H2,11,12). The second-order valence-electron chi connectivity index (χ2n) is 4.09. The van der Waals surface area contributed by atoms with Gasteiger partial charge in [0.15, 0.2) is 5.13 Å². The number of hydrogen-bond acceptors (Lipinski definition) is 5. The van der Waals surface area contributed by atoms with E-state index in [2.05, 4.69) is 28.9 Å². The van der Waals surface area contributed by atoms with Gasteiger partial charge >= 0.3 is 0 Å². The summed E-state index contributed by atoms with van der Waals surface area (Å²) in [5, 5.41) is 4.82. The van der Waals surface area contributed by atoms with E-state index in [0.717, 1.165) is 23.7 Å². The molecule has 5 nitrogen and oxygen atoms in total. The van der Waals surface area contributed by atoms with E-state index >= 15 is 0 Å². The Kier molecular flexibility index (Phi) is 3.19. The van der Waals surface area contributed by atoms with Gasteiger partial charge in [0.1, 0.15) is 12.2 Å². The van der Waals surface area contributed by atoms with Crippen molar-refractivity contribution in [2.24, 2.45) is 5.92 Å². The number of thiazole rings is 1. The van der Waals surface area contributed by atoms with E-state index in [-0.39, 0.29) is 0 Å². The van der Waals surface area contributed by atoms with Crippen molar-refractivity contribution >= 4 is 16.5 Å². The zero-order valence-electron chi connectivity index (χ0n) is 9.42. The first-order valence-corrected chi connectivity index (χ1v) is 6.03. The first kappa shape index (κ1) is 11.1. The second kappa shape index (κ2) is 4.61. The molecule has 2 heterocycles. The monoisotopic (exact) mass is 237 g/mol. The zero-order valence-corrected chi connectivity index (χ0v) is 10.2. The fourth-order valence-corrected chi connectivity index (χ4v) is 2.16. The summed E-state index contributed by atoms with van der Waals surface area (Å²) in [6.45, 7) is 5.22. The number of aromatic nitrogens is 4. The van der Waals surface area contributed by atoms with Crippen LogP contribution in [-0.4, -0.2) is 19.7 Å². The predicted octanol–water partition coefficient (Wildman–Crippen LogP) is 1.56. The van der Waals surface area contributed by atoms with Gasteiger partial charge < -0.3 is 5.73 Å². The van der Waals surface area contributed by atoms with Crippen molar-refractivity contribution in [3.63, 3.8) is 0 Å². The molecule has 0 amide bonds. The molecule has 2 rings (SSSR count).